The molecule has 1 heterocycles. The molecule has 2 aromatic carbocycles. The summed E-state index contributed by atoms with van der Waals surface area (Å²) < 4.78 is 5.14. The summed E-state index contributed by atoms with van der Waals surface area (Å²) in [6, 6.07) is 17.9. The minimum atomic E-state index is -0.192. The van der Waals surface area contributed by atoms with E-state index in [0.29, 0.717) is 24.2 Å². The number of esters is 1. The molecule has 6 nitrogen and oxygen atoms in total. The number of amides is 2. The second kappa shape index (κ2) is 13.0. The third kappa shape index (κ3) is 7.63. The molecule has 0 radical (unpaired) electrons. The highest BCUT2D eigenvalue weighted by Crippen LogP contribution is 2.32. The Kier molecular flexibility index (Phi) is 9.81. The van der Waals surface area contributed by atoms with Gasteiger partial charge in [-0.05, 0) is 43.5 Å². The van der Waals surface area contributed by atoms with E-state index in [4.69, 9.17) is 4.74 Å². The molecule has 0 unspecified atom stereocenters. The largest absolute Gasteiger partial charge is 0.466 e. The van der Waals surface area contributed by atoms with Crippen molar-refractivity contribution in [3.8, 4) is 0 Å². The molecule has 3 atom stereocenters. The van der Waals surface area contributed by atoms with E-state index in [-0.39, 0.29) is 35.1 Å². The zero-order chi connectivity index (χ0) is 23.5. The predicted octanol–water partition coefficient (Wildman–Crippen LogP) is 4.21. The van der Waals surface area contributed by atoms with Gasteiger partial charge in [0.2, 0.25) is 0 Å². The number of carbonyl (C=O) groups is 3. The lowest BCUT2D eigenvalue weighted by atomic mass is 10.00. The molecule has 0 spiro atoms. The number of thioether (sulfide) groups is 1. The van der Waals surface area contributed by atoms with Crippen LogP contribution in [0, 0.1) is 0 Å². The molecule has 2 N–H and O–H groups in total. The van der Waals surface area contributed by atoms with Crippen molar-refractivity contribution in [1.29, 1.82) is 0 Å². The average Bonchev–Trinajstić information content (AvgIpc) is 3.22. The molecule has 0 saturated carbocycles. The van der Waals surface area contributed by atoms with Crippen molar-refractivity contribution < 1.29 is 19.1 Å². The molecule has 0 bridgehead atoms. The minimum Gasteiger partial charge on any atom is -0.466 e. The van der Waals surface area contributed by atoms with Gasteiger partial charge in [0.05, 0.1) is 18.7 Å². The fraction of sp³-hybridized carbons (Fsp3) is 0.423. The first kappa shape index (κ1) is 24.8. The third-order valence-electron chi connectivity index (χ3n) is 5.60. The van der Waals surface area contributed by atoms with Crippen LogP contribution in [0.4, 0.5) is 0 Å². The van der Waals surface area contributed by atoms with Gasteiger partial charge in [-0.25, -0.2) is 0 Å². The molecule has 2 aromatic rings. The zero-order valence-electron chi connectivity index (χ0n) is 19.0. The van der Waals surface area contributed by atoms with E-state index in [1.807, 2.05) is 43.3 Å². The minimum absolute atomic E-state index is 0.139. The van der Waals surface area contributed by atoms with Crippen LogP contribution in [0.1, 0.15) is 59.7 Å². The van der Waals surface area contributed by atoms with Crippen LogP contribution in [0.15, 0.2) is 60.7 Å². The van der Waals surface area contributed by atoms with Crippen LogP contribution in [-0.2, 0) is 9.53 Å². The van der Waals surface area contributed by atoms with Gasteiger partial charge in [-0.2, -0.15) is 11.8 Å². The first-order chi connectivity index (χ1) is 16.1. The second-order valence-electron chi connectivity index (χ2n) is 8.15. The number of hydrogen-bond donors (Lipinski definition) is 2. The molecule has 7 heteroatoms. The van der Waals surface area contributed by atoms with Crippen LogP contribution in [0.3, 0.4) is 0 Å². The summed E-state index contributed by atoms with van der Waals surface area (Å²) in [4.78, 5) is 37.4. The monoisotopic (exact) mass is 468 g/mol. The molecule has 33 heavy (non-hydrogen) atoms. The fourth-order valence-corrected chi connectivity index (χ4v) is 5.39. The molecule has 1 fully saturated rings. The maximum absolute atomic E-state index is 12.9. The SMILES string of the molecule is CCCOC(=O)CCCC[C@@H]1SC[C@@H](NC(=O)c2ccccc2)[C@H]1NC(=O)c1ccccc1. The van der Waals surface area contributed by atoms with Gasteiger partial charge in [0, 0.05) is 28.6 Å². The van der Waals surface area contributed by atoms with Crippen LogP contribution in [0.5, 0.6) is 0 Å². The van der Waals surface area contributed by atoms with Crippen molar-refractivity contribution in [1.82, 2.24) is 10.6 Å². The first-order valence-electron chi connectivity index (χ1n) is 11.6. The van der Waals surface area contributed by atoms with Crippen LogP contribution in [-0.4, -0.2) is 47.5 Å². The fourth-order valence-electron chi connectivity index (χ4n) is 3.85. The Morgan fingerprint density at radius 1 is 0.909 bits per heavy atom. The van der Waals surface area contributed by atoms with E-state index >= 15 is 0 Å². The van der Waals surface area contributed by atoms with Gasteiger partial charge in [-0.3, -0.25) is 14.4 Å². The number of hydrogen-bond acceptors (Lipinski definition) is 5. The molecule has 0 aromatic heterocycles. The highest BCUT2D eigenvalue weighted by Gasteiger charge is 2.38. The van der Waals surface area contributed by atoms with Gasteiger partial charge in [0.25, 0.3) is 11.8 Å². The van der Waals surface area contributed by atoms with Crippen molar-refractivity contribution in [2.75, 3.05) is 12.4 Å². The average molecular weight is 469 g/mol. The summed E-state index contributed by atoms with van der Waals surface area (Å²) in [6.07, 6.45) is 3.69. The number of nitrogens with one attached hydrogen (secondary N) is 2. The maximum Gasteiger partial charge on any atom is 0.305 e. The highest BCUT2D eigenvalue weighted by molar-refractivity contribution is 8.00. The maximum atomic E-state index is 12.9. The molecule has 0 aliphatic carbocycles. The summed E-state index contributed by atoms with van der Waals surface area (Å²) in [5.74, 6) is 0.286. The van der Waals surface area contributed by atoms with Gasteiger partial charge in [-0.15, -0.1) is 0 Å². The van der Waals surface area contributed by atoms with Crippen LogP contribution in [0.25, 0.3) is 0 Å². The smallest absolute Gasteiger partial charge is 0.305 e. The number of carbonyl (C=O) groups excluding carboxylic acids is 3. The summed E-state index contributed by atoms with van der Waals surface area (Å²) in [5, 5.41) is 6.44. The zero-order valence-corrected chi connectivity index (χ0v) is 19.8. The molecule has 3 rings (SSSR count). The normalized spacial score (nSPS) is 19.6. The van der Waals surface area contributed by atoms with Crippen LogP contribution in [0.2, 0.25) is 0 Å². The van der Waals surface area contributed by atoms with E-state index in [1.165, 1.54) is 0 Å². The Hall–Kier alpha value is -2.80. The second-order valence-corrected chi connectivity index (χ2v) is 9.42. The molecule has 1 saturated heterocycles. The van der Waals surface area contributed by atoms with E-state index in [9.17, 15) is 14.4 Å². The first-order valence-corrected chi connectivity index (χ1v) is 12.6. The van der Waals surface area contributed by atoms with Crippen molar-refractivity contribution in [2.24, 2.45) is 0 Å². The van der Waals surface area contributed by atoms with E-state index in [2.05, 4.69) is 10.6 Å². The van der Waals surface area contributed by atoms with Gasteiger partial charge in [0.15, 0.2) is 0 Å². The lowest BCUT2D eigenvalue weighted by Gasteiger charge is -2.26. The van der Waals surface area contributed by atoms with E-state index < -0.39 is 0 Å². The highest BCUT2D eigenvalue weighted by atomic mass is 32.2. The van der Waals surface area contributed by atoms with E-state index in [0.717, 1.165) is 31.4 Å². The van der Waals surface area contributed by atoms with Crippen molar-refractivity contribution >= 4 is 29.5 Å². The Labute approximate surface area is 199 Å². The van der Waals surface area contributed by atoms with Crippen LogP contribution >= 0.6 is 11.8 Å². The molecular weight excluding hydrogens is 436 g/mol. The predicted molar refractivity (Wildman–Crippen MR) is 131 cm³/mol. The third-order valence-corrected chi connectivity index (χ3v) is 7.11. The molecule has 1 aliphatic rings. The number of ether oxygens (including phenoxy) is 1. The number of rotatable bonds is 11. The van der Waals surface area contributed by atoms with Crippen molar-refractivity contribution in [2.45, 2.75) is 56.4 Å². The Morgan fingerprint density at radius 2 is 1.52 bits per heavy atom. The molecule has 176 valence electrons. The van der Waals surface area contributed by atoms with Crippen molar-refractivity contribution in [3.63, 3.8) is 0 Å². The quantitative estimate of drug-likeness (QED) is 0.381. The number of benzene rings is 2. The Balaban J connectivity index is 1.61. The molecule has 1 aliphatic heterocycles. The van der Waals surface area contributed by atoms with Gasteiger partial charge in [-0.1, -0.05) is 49.7 Å². The van der Waals surface area contributed by atoms with Gasteiger partial charge in [0.1, 0.15) is 0 Å². The summed E-state index contributed by atoms with van der Waals surface area (Å²) in [6.45, 7) is 2.44. The van der Waals surface area contributed by atoms with Gasteiger partial charge >= 0.3 is 5.97 Å². The standard InChI is InChI=1S/C26H32N2O4S/c1-2-17-32-23(29)16-10-9-15-22-24(28-26(31)20-13-7-4-8-14-20)21(18-33-22)27-25(30)19-11-5-3-6-12-19/h3-8,11-14,21-22,24H,2,9-10,15-18H2,1H3,(H,27,30)(H,28,31)/t21-,22+,24-/m1/s1. The van der Waals surface area contributed by atoms with Gasteiger partial charge < -0.3 is 15.4 Å². The summed E-state index contributed by atoms with van der Waals surface area (Å²) >= 11 is 1.76. The summed E-state index contributed by atoms with van der Waals surface area (Å²) in [5.41, 5.74) is 1.20. The number of unbranched alkanes of at least 4 members (excludes halogenated alkanes) is 1. The van der Waals surface area contributed by atoms with E-state index in [1.54, 1.807) is 36.0 Å². The molecule has 2 amide bonds. The van der Waals surface area contributed by atoms with Crippen LogP contribution < -0.4 is 10.6 Å². The van der Waals surface area contributed by atoms with Crippen molar-refractivity contribution in [3.05, 3.63) is 71.8 Å². The lowest BCUT2D eigenvalue weighted by molar-refractivity contribution is -0.143. The summed E-state index contributed by atoms with van der Waals surface area (Å²) in [7, 11) is 0. The Bertz CT molecular complexity index is 907. The topological polar surface area (TPSA) is 84.5 Å². The Morgan fingerprint density at radius 3 is 2.12 bits per heavy atom. The molecular formula is C26H32N2O4S. The lowest BCUT2D eigenvalue weighted by Crippen LogP contribution is -2.53.